The highest BCUT2D eigenvalue weighted by Crippen LogP contribution is 2.25. The second kappa shape index (κ2) is 7.61. The third kappa shape index (κ3) is 4.33. The van der Waals surface area contributed by atoms with Gasteiger partial charge < -0.3 is 9.64 Å². The van der Waals surface area contributed by atoms with Gasteiger partial charge in [0.15, 0.2) is 5.65 Å². The predicted octanol–water partition coefficient (Wildman–Crippen LogP) is 3.85. The van der Waals surface area contributed by atoms with E-state index in [1.807, 2.05) is 35.1 Å². The van der Waals surface area contributed by atoms with Crippen LogP contribution in [0.15, 0.2) is 30.6 Å². The van der Waals surface area contributed by atoms with Gasteiger partial charge in [-0.3, -0.25) is 0 Å². The third-order valence-corrected chi connectivity index (χ3v) is 5.32. The van der Waals surface area contributed by atoms with E-state index in [1.54, 1.807) is 0 Å². The van der Waals surface area contributed by atoms with Crippen LogP contribution in [0, 0.1) is 5.92 Å². The number of nitrogens with zero attached hydrogens (tertiary/aromatic N) is 6. The zero-order chi connectivity index (χ0) is 20.6. The van der Waals surface area contributed by atoms with Crippen LogP contribution in [0.3, 0.4) is 0 Å². The topological polar surface area (TPSA) is 68.4 Å². The molecule has 0 spiro atoms. The molecule has 1 aliphatic rings. The third-order valence-electron chi connectivity index (χ3n) is 5.32. The highest BCUT2D eigenvalue weighted by molar-refractivity contribution is 5.41. The van der Waals surface area contributed by atoms with Crippen LogP contribution in [0.1, 0.15) is 58.5 Å². The van der Waals surface area contributed by atoms with Gasteiger partial charge in [0.05, 0.1) is 18.5 Å². The quantitative estimate of drug-likeness (QED) is 0.655. The minimum atomic E-state index is -0.00153. The second-order valence-electron chi connectivity index (χ2n) is 9.19. The van der Waals surface area contributed by atoms with Crippen molar-refractivity contribution in [2.75, 3.05) is 24.6 Å². The van der Waals surface area contributed by atoms with Gasteiger partial charge >= 0.3 is 0 Å². The summed E-state index contributed by atoms with van der Waals surface area (Å²) in [6.45, 7) is 13.3. The molecule has 1 atom stereocenters. The van der Waals surface area contributed by atoms with Crippen LogP contribution in [0.5, 0.6) is 5.88 Å². The molecule has 7 nitrogen and oxygen atoms in total. The molecule has 0 amide bonds. The van der Waals surface area contributed by atoms with Crippen LogP contribution in [0.25, 0.3) is 5.65 Å². The fourth-order valence-corrected chi connectivity index (χ4v) is 3.50. The SMILES string of the molecule is CC(C)c1nccc(N2CCC(COc3ccc4nc(C(C)(C)C)cn4n3)C2)n1. The van der Waals surface area contributed by atoms with E-state index in [1.165, 1.54) is 0 Å². The summed E-state index contributed by atoms with van der Waals surface area (Å²) < 4.78 is 7.83. The maximum Gasteiger partial charge on any atom is 0.231 e. The Bertz CT molecular complexity index is 990. The monoisotopic (exact) mass is 394 g/mol. The average Bonchev–Trinajstić information content (AvgIpc) is 3.33. The van der Waals surface area contributed by atoms with Crippen LogP contribution in [-0.4, -0.2) is 44.3 Å². The number of aromatic nitrogens is 5. The van der Waals surface area contributed by atoms with Gasteiger partial charge in [-0.25, -0.2) is 19.5 Å². The van der Waals surface area contributed by atoms with Gasteiger partial charge in [-0.2, -0.15) is 0 Å². The molecule has 4 heterocycles. The summed E-state index contributed by atoms with van der Waals surface area (Å²) in [5.74, 6) is 3.34. The number of ether oxygens (including phenoxy) is 1. The Labute approximate surface area is 172 Å². The number of hydrogen-bond acceptors (Lipinski definition) is 6. The van der Waals surface area contributed by atoms with Gasteiger partial charge in [0.1, 0.15) is 11.6 Å². The molecule has 1 saturated heterocycles. The minimum absolute atomic E-state index is 0.00153. The predicted molar refractivity (Wildman–Crippen MR) is 114 cm³/mol. The van der Waals surface area contributed by atoms with E-state index in [9.17, 15) is 0 Å². The maximum atomic E-state index is 6.02. The van der Waals surface area contributed by atoms with Crippen molar-refractivity contribution < 1.29 is 4.74 Å². The first-order valence-corrected chi connectivity index (χ1v) is 10.4. The molecule has 7 heteroatoms. The summed E-state index contributed by atoms with van der Waals surface area (Å²) in [6, 6.07) is 5.87. The molecule has 1 unspecified atom stereocenters. The summed E-state index contributed by atoms with van der Waals surface area (Å²) >= 11 is 0. The van der Waals surface area contributed by atoms with Crippen LogP contribution in [0.4, 0.5) is 5.82 Å². The number of fused-ring (bicyclic) bond motifs is 1. The normalized spacial score (nSPS) is 17.4. The fraction of sp³-hybridized carbons (Fsp3) is 0.545. The summed E-state index contributed by atoms with van der Waals surface area (Å²) in [7, 11) is 0. The van der Waals surface area contributed by atoms with E-state index in [-0.39, 0.29) is 5.41 Å². The van der Waals surface area contributed by atoms with Gasteiger partial charge in [0.2, 0.25) is 5.88 Å². The van der Waals surface area contributed by atoms with E-state index in [0.29, 0.717) is 24.3 Å². The van der Waals surface area contributed by atoms with Crippen molar-refractivity contribution in [1.82, 2.24) is 24.6 Å². The lowest BCUT2D eigenvalue weighted by molar-refractivity contribution is 0.249. The molecule has 0 radical (unpaired) electrons. The zero-order valence-corrected chi connectivity index (χ0v) is 18.0. The molecule has 0 aromatic carbocycles. The Morgan fingerprint density at radius 2 is 2.00 bits per heavy atom. The lowest BCUT2D eigenvalue weighted by Crippen LogP contribution is -2.23. The zero-order valence-electron chi connectivity index (χ0n) is 18.0. The molecule has 29 heavy (non-hydrogen) atoms. The molecular weight excluding hydrogens is 364 g/mol. The van der Waals surface area contributed by atoms with E-state index >= 15 is 0 Å². The van der Waals surface area contributed by atoms with Gasteiger partial charge in [0, 0.05) is 42.6 Å². The van der Waals surface area contributed by atoms with Crippen molar-refractivity contribution in [3.05, 3.63) is 42.1 Å². The van der Waals surface area contributed by atoms with E-state index in [4.69, 9.17) is 9.72 Å². The van der Waals surface area contributed by atoms with E-state index in [0.717, 1.165) is 42.5 Å². The molecule has 0 bridgehead atoms. The van der Waals surface area contributed by atoms with Crippen molar-refractivity contribution in [1.29, 1.82) is 0 Å². The van der Waals surface area contributed by atoms with Crippen molar-refractivity contribution in [2.45, 2.75) is 52.4 Å². The molecular formula is C22H30N6O. The molecule has 3 aromatic heterocycles. The molecule has 0 aliphatic carbocycles. The number of anilines is 1. The highest BCUT2D eigenvalue weighted by atomic mass is 16.5. The van der Waals surface area contributed by atoms with Crippen LogP contribution < -0.4 is 9.64 Å². The number of rotatable bonds is 5. The Balaban J connectivity index is 1.38. The van der Waals surface area contributed by atoms with E-state index < -0.39 is 0 Å². The Hall–Kier alpha value is -2.70. The summed E-state index contributed by atoms with van der Waals surface area (Å²) in [5.41, 5.74) is 1.87. The first-order valence-electron chi connectivity index (χ1n) is 10.4. The summed E-state index contributed by atoms with van der Waals surface area (Å²) in [6.07, 6.45) is 4.93. The number of imidazole rings is 1. The Kier molecular flexibility index (Phi) is 5.15. The molecule has 154 valence electrons. The average molecular weight is 395 g/mol. The van der Waals surface area contributed by atoms with Gasteiger partial charge in [0.25, 0.3) is 0 Å². The van der Waals surface area contributed by atoms with E-state index in [2.05, 4.69) is 54.6 Å². The maximum absolute atomic E-state index is 6.02. The van der Waals surface area contributed by atoms with Crippen molar-refractivity contribution >= 4 is 11.5 Å². The summed E-state index contributed by atoms with van der Waals surface area (Å²) in [4.78, 5) is 16.1. The molecule has 1 fully saturated rings. The van der Waals surface area contributed by atoms with Gasteiger partial charge in [-0.15, -0.1) is 5.10 Å². The molecule has 0 N–H and O–H groups in total. The Morgan fingerprint density at radius 1 is 1.17 bits per heavy atom. The summed E-state index contributed by atoms with van der Waals surface area (Å²) in [5, 5.41) is 4.58. The molecule has 3 aromatic rings. The largest absolute Gasteiger partial charge is 0.476 e. The second-order valence-corrected chi connectivity index (χ2v) is 9.19. The lowest BCUT2D eigenvalue weighted by atomic mass is 9.93. The smallest absolute Gasteiger partial charge is 0.231 e. The minimum Gasteiger partial charge on any atom is -0.476 e. The Morgan fingerprint density at radius 3 is 2.76 bits per heavy atom. The fourth-order valence-electron chi connectivity index (χ4n) is 3.50. The van der Waals surface area contributed by atoms with Crippen molar-refractivity contribution in [2.24, 2.45) is 5.92 Å². The van der Waals surface area contributed by atoms with Crippen LogP contribution >= 0.6 is 0 Å². The van der Waals surface area contributed by atoms with Gasteiger partial charge in [-0.05, 0) is 18.6 Å². The van der Waals surface area contributed by atoms with Crippen LogP contribution in [0.2, 0.25) is 0 Å². The first kappa shape index (κ1) is 19.6. The number of hydrogen-bond donors (Lipinski definition) is 0. The van der Waals surface area contributed by atoms with Crippen molar-refractivity contribution in [3.8, 4) is 5.88 Å². The lowest BCUT2D eigenvalue weighted by Gasteiger charge is -2.18. The van der Waals surface area contributed by atoms with Crippen molar-refractivity contribution in [3.63, 3.8) is 0 Å². The van der Waals surface area contributed by atoms with Crippen LogP contribution in [-0.2, 0) is 5.41 Å². The van der Waals surface area contributed by atoms with Gasteiger partial charge in [-0.1, -0.05) is 34.6 Å². The highest BCUT2D eigenvalue weighted by Gasteiger charge is 2.25. The first-order chi connectivity index (χ1) is 13.8. The standard InChI is InChI=1S/C22H30N6O/c1-15(2)21-23-10-8-18(25-21)27-11-9-16(12-27)14-29-20-7-6-19-24-17(22(3,4)5)13-28(19)26-20/h6-8,10,13,15-16H,9,11-12,14H2,1-5H3. The molecule has 4 rings (SSSR count). The molecule has 1 aliphatic heterocycles. The molecule has 0 saturated carbocycles.